The van der Waals surface area contributed by atoms with E-state index in [0.29, 0.717) is 18.4 Å². The molecule has 0 saturated heterocycles. The van der Waals surface area contributed by atoms with Crippen molar-refractivity contribution in [3.63, 3.8) is 0 Å². The van der Waals surface area contributed by atoms with Crippen molar-refractivity contribution in [2.45, 2.75) is 59.4 Å². The molecule has 2 unspecified atom stereocenters. The molecular weight excluding hydrogens is 344 g/mol. The summed E-state index contributed by atoms with van der Waals surface area (Å²) in [6, 6.07) is 23.2. The summed E-state index contributed by atoms with van der Waals surface area (Å²) in [5.41, 5.74) is 2.58. The van der Waals surface area contributed by atoms with Crippen LogP contribution in [0, 0.1) is 5.92 Å². The second kappa shape index (κ2) is 9.75. The van der Waals surface area contributed by atoms with Gasteiger partial charge in [-0.25, -0.2) is 0 Å². The van der Waals surface area contributed by atoms with Crippen molar-refractivity contribution in [2.24, 2.45) is 5.92 Å². The van der Waals surface area contributed by atoms with Crippen molar-refractivity contribution >= 4 is 10.8 Å². The van der Waals surface area contributed by atoms with Crippen LogP contribution in [-0.4, -0.2) is 6.29 Å². The van der Waals surface area contributed by atoms with Crippen LogP contribution in [0.1, 0.15) is 57.6 Å². The molecule has 0 radical (unpaired) electrons. The number of ether oxygens (including phenoxy) is 2. The third-order valence-electron chi connectivity index (χ3n) is 5.26. The Labute approximate surface area is 169 Å². The summed E-state index contributed by atoms with van der Waals surface area (Å²) in [5.74, 6) is 2.19. The fraction of sp³-hybridized carbons (Fsp3) is 0.385. The van der Waals surface area contributed by atoms with Crippen LogP contribution >= 0.6 is 0 Å². The first-order chi connectivity index (χ1) is 13.6. The maximum Gasteiger partial charge on any atom is 0.197 e. The predicted molar refractivity (Wildman–Crippen MR) is 118 cm³/mol. The van der Waals surface area contributed by atoms with E-state index in [1.807, 2.05) is 6.92 Å². The number of benzene rings is 3. The Bertz CT molecular complexity index is 862. The minimum absolute atomic E-state index is 0.303. The van der Waals surface area contributed by atoms with Crippen molar-refractivity contribution in [3.05, 3.63) is 77.9 Å². The van der Waals surface area contributed by atoms with Gasteiger partial charge in [-0.05, 0) is 65.6 Å². The van der Waals surface area contributed by atoms with Crippen LogP contribution in [-0.2, 0) is 11.3 Å². The van der Waals surface area contributed by atoms with Gasteiger partial charge in [0.2, 0.25) is 0 Å². The fourth-order valence-electron chi connectivity index (χ4n) is 3.78. The summed E-state index contributed by atoms with van der Waals surface area (Å²) in [7, 11) is 0. The molecule has 0 aliphatic heterocycles. The van der Waals surface area contributed by atoms with E-state index in [0.717, 1.165) is 5.75 Å². The molecule has 0 spiro atoms. The molecule has 2 atom stereocenters. The number of rotatable bonds is 9. The van der Waals surface area contributed by atoms with Crippen molar-refractivity contribution < 1.29 is 9.47 Å². The lowest BCUT2D eigenvalue weighted by Crippen LogP contribution is -2.16. The van der Waals surface area contributed by atoms with Crippen molar-refractivity contribution in [3.8, 4) is 5.75 Å². The van der Waals surface area contributed by atoms with Crippen LogP contribution in [0.15, 0.2) is 66.7 Å². The zero-order valence-corrected chi connectivity index (χ0v) is 17.5. The van der Waals surface area contributed by atoms with Gasteiger partial charge in [0.1, 0.15) is 5.75 Å². The highest BCUT2D eigenvalue weighted by molar-refractivity contribution is 5.85. The summed E-state index contributed by atoms with van der Waals surface area (Å²) >= 11 is 0. The average Bonchev–Trinajstić information content (AvgIpc) is 2.71. The molecule has 3 aromatic rings. The zero-order valence-electron chi connectivity index (χ0n) is 17.5. The highest BCUT2D eigenvalue weighted by Crippen LogP contribution is 2.28. The molecular formula is C26H32O2. The number of hydrogen-bond donors (Lipinski definition) is 0. The van der Waals surface area contributed by atoms with Crippen LogP contribution in [0.3, 0.4) is 0 Å². The summed E-state index contributed by atoms with van der Waals surface area (Å²) < 4.78 is 11.9. The molecule has 0 amide bonds. The van der Waals surface area contributed by atoms with Crippen molar-refractivity contribution in [1.29, 1.82) is 0 Å². The van der Waals surface area contributed by atoms with Gasteiger partial charge in [-0.1, -0.05) is 75.4 Å². The first-order valence-electron chi connectivity index (χ1n) is 10.4. The van der Waals surface area contributed by atoms with E-state index in [2.05, 4.69) is 87.5 Å². The first-order valence-corrected chi connectivity index (χ1v) is 10.4. The van der Waals surface area contributed by atoms with Gasteiger partial charge in [0.25, 0.3) is 0 Å². The maximum absolute atomic E-state index is 5.98. The van der Waals surface area contributed by atoms with E-state index in [9.17, 15) is 0 Å². The zero-order chi connectivity index (χ0) is 19.9. The summed E-state index contributed by atoms with van der Waals surface area (Å²) in [4.78, 5) is 0. The second-order valence-corrected chi connectivity index (χ2v) is 7.94. The maximum atomic E-state index is 5.98. The molecule has 0 bridgehead atoms. The van der Waals surface area contributed by atoms with Gasteiger partial charge in [0, 0.05) is 0 Å². The van der Waals surface area contributed by atoms with E-state index >= 15 is 0 Å². The van der Waals surface area contributed by atoms with Crippen LogP contribution in [0.2, 0.25) is 0 Å². The summed E-state index contributed by atoms with van der Waals surface area (Å²) in [6.45, 7) is 9.32. The molecule has 0 aromatic heterocycles. The molecule has 0 heterocycles. The standard InChI is InChI=1S/C26H32O2/c1-5-21(17-19(2)3)22-13-15-25(16-14-22)28-20(4)27-18-24-11-8-10-23-9-6-7-12-26(23)24/h6-16,19-21H,5,17-18H2,1-4H3. The lowest BCUT2D eigenvalue weighted by Gasteiger charge is -2.19. The molecule has 2 nitrogen and oxygen atoms in total. The Morgan fingerprint density at radius 2 is 1.54 bits per heavy atom. The third-order valence-corrected chi connectivity index (χ3v) is 5.26. The van der Waals surface area contributed by atoms with Crippen molar-refractivity contribution in [1.82, 2.24) is 0 Å². The summed E-state index contributed by atoms with van der Waals surface area (Å²) in [5, 5.41) is 2.47. The van der Waals surface area contributed by atoms with Gasteiger partial charge in [-0.2, -0.15) is 0 Å². The van der Waals surface area contributed by atoms with E-state index in [-0.39, 0.29) is 6.29 Å². The van der Waals surface area contributed by atoms with Crippen molar-refractivity contribution in [2.75, 3.05) is 0 Å². The van der Waals surface area contributed by atoms with Crippen LogP contribution in [0.5, 0.6) is 5.75 Å². The van der Waals surface area contributed by atoms with Crippen LogP contribution < -0.4 is 4.74 Å². The number of fused-ring (bicyclic) bond motifs is 1. The minimum Gasteiger partial charge on any atom is -0.465 e. The SMILES string of the molecule is CCC(CC(C)C)c1ccc(OC(C)OCc2cccc3ccccc23)cc1. The van der Waals surface area contributed by atoms with Gasteiger partial charge >= 0.3 is 0 Å². The molecule has 0 N–H and O–H groups in total. The first kappa shape index (κ1) is 20.4. The molecule has 3 aromatic carbocycles. The molecule has 28 heavy (non-hydrogen) atoms. The summed E-state index contributed by atoms with van der Waals surface area (Å²) in [6.07, 6.45) is 2.09. The number of hydrogen-bond acceptors (Lipinski definition) is 2. The topological polar surface area (TPSA) is 18.5 Å². The molecule has 2 heteroatoms. The highest BCUT2D eigenvalue weighted by atomic mass is 16.7. The molecule has 3 rings (SSSR count). The molecule has 0 aliphatic carbocycles. The van der Waals surface area contributed by atoms with Crippen LogP contribution in [0.4, 0.5) is 0 Å². The van der Waals surface area contributed by atoms with Gasteiger partial charge in [-0.3, -0.25) is 0 Å². The van der Waals surface area contributed by atoms with E-state index in [4.69, 9.17) is 9.47 Å². The monoisotopic (exact) mass is 376 g/mol. The molecule has 0 fully saturated rings. The Kier molecular flexibility index (Phi) is 7.11. The van der Waals surface area contributed by atoms with Gasteiger partial charge in [-0.15, -0.1) is 0 Å². The van der Waals surface area contributed by atoms with Gasteiger partial charge in [0.15, 0.2) is 6.29 Å². The Morgan fingerprint density at radius 1 is 0.821 bits per heavy atom. The van der Waals surface area contributed by atoms with E-state index in [1.165, 1.54) is 34.7 Å². The third kappa shape index (κ3) is 5.36. The quantitative estimate of drug-likeness (QED) is 0.364. The largest absolute Gasteiger partial charge is 0.465 e. The fourth-order valence-corrected chi connectivity index (χ4v) is 3.78. The van der Waals surface area contributed by atoms with Gasteiger partial charge in [0.05, 0.1) is 6.61 Å². The second-order valence-electron chi connectivity index (χ2n) is 7.94. The minimum atomic E-state index is -0.303. The van der Waals surface area contributed by atoms with Gasteiger partial charge < -0.3 is 9.47 Å². The smallest absolute Gasteiger partial charge is 0.197 e. The molecule has 0 aliphatic rings. The average molecular weight is 377 g/mol. The predicted octanol–water partition coefficient (Wildman–Crippen LogP) is 7.32. The Balaban J connectivity index is 1.58. The molecule has 148 valence electrons. The molecule has 0 saturated carbocycles. The highest BCUT2D eigenvalue weighted by Gasteiger charge is 2.12. The van der Waals surface area contributed by atoms with Crippen LogP contribution in [0.25, 0.3) is 10.8 Å². The Hall–Kier alpha value is -2.32. The lowest BCUT2D eigenvalue weighted by atomic mass is 9.88. The Morgan fingerprint density at radius 3 is 2.25 bits per heavy atom. The van der Waals surface area contributed by atoms with E-state index < -0.39 is 0 Å². The van der Waals surface area contributed by atoms with E-state index in [1.54, 1.807) is 0 Å². The lowest BCUT2D eigenvalue weighted by molar-refractivity contribution is -0.0755. The normalized spacial score (nSPS) is 13.6.